The van der Waals surface area contributed by atoms with Gasteiger partial charge < -0.3 is 19.9 Å². The Balaban J connectivity index is 1.49. The van der Waals surface area contributed by atoms with Crippen molar-refractivity contribution >= 4 is 40.5 Å². The maximum absolute atomic E-state index is 13.6. The third-order valence-corrected chi connectivity index (χ3v) is 7.31. The van der Waals surface area contributed by atoms with E-state index in [4.69, 9.17) is 17.0 Å². The molecule has 1 atom stereocenters. The number of thiocarbonyl (C=S) groups is 1. The number of hydrogen-bond donors (Lipinski definition) is 1. The number of piperidine rings is 1. The first-order valence-electron chi connectivity index (χ1n) is 12.2. The number of rotatable bonds is 8. The second kappa shape index (κ2) is 11.2. The fourth-order valence-corrected chi connectivity index (χ4v) is 5.03. The third kappa shape index (κ3) is 6.00. The van der Waals surface area contributed by atoms with Crippen LogP contribution >= 0.6 is 12.2 Å². The van der Waals surface area contributed by atoms with Crippen molar-refractivity contribution in [3.8, 4) is 5.75 Å². The zero-order chi connectivity index (χ0) is 24.9. The first-order valence-corrected chi connectivity index (χ1v) is 12.6. The summed E-state index contributed by atoms with van der Waals surface area (Å²) in [7, 11) is 1.60. The maximum atomic E-state index is 13.6. The largest absolute Gasteiger partial charge is 0.497 e. The highest BCUT2D eigenvalue weighted by molar-refractivity contribution is 7.80. The molecule has 0 unspecified atom stereocenters. The molecule has 2 aromatic carbocycles. The van der Waals surface area contributed by atoms with Gasteiger partial charge >= 0.3 is 0 Å². The molecule has 8 heteroatoms. The van der Waals surface area contributed by atoms with Crippen LogP contribution in [0.4, 0.5) is 11.4 Å². The van der Waals surface area contributed by atoms with Gasteiger partial charge in [0.1, 0.15) is 11.8 Å². The Morgan fingerprint density at radius 1 is 1.06 bits per heavy atom. The lowest BCUT2D eigenvalue weighted by Crippen LogP contribution is -2.44. The van der Waals surface area contributed by atoms with Crippen molar-refractivity contribution in [3.05, 3.63) is 54.1 Å². The number of methoxy groups -OCH3 is 1. The van der Waals surface area contributed by atoms with Crippen LogP contribution in [0.25, 0.3) is 0 Å². The van der Waals surface area contributed by atoms with Crippen molar-refractivity contribution in [2.45, 2.75) is 39.2 Å². The molecule has 2 saturated heterocycles. The van der Waals surface area contributed by atoms with E-state index in [0.717, 1.165) is 36.8 Å². The summed E-state index contributed by atoms with van der Waals surface area (Å²) < 4.78 is 5.18. The lowest BCUT2D eigenvalue weighted by atomic mass is 9.99. The summed E-state index contributed by atoms with van der Waals surface area (Å²) in [5.41, 5.74) is 2.51. The van der Waals surface area contributed by atoms with E-state index in [9.17, 15) is 9.59 Å². The van der Waals surface area contributed by atoms with Crippen molar-refractivity contribution in [2.75, 3.05) is 43.5 Å². The predicted molar refractivity (Wildman–Crippen MR) is 143 cm³/mol. The topological polar surface area (TPSA) is 65.1 Å². The van der Waals surface area contributed by atoms with E-state index in [-0.39, 0.29) is 18.2 Å². The average molecular weight is 495 g/mol. The standard InChI is InChI=1S/C27H34N4O3S/c1-19-4-8-22(9-5-19)31-26(33)24(18-25(32)28-21-6-10-23(34-3)11-7-21)30(27(31)35)17-16-29-14-12-20(2)13-15-29/h4-11,20,24H,12-18H2,1-3H3,(H,28,32)/t24-/m1/s1. The summed E-state index contributed by atoms with van der Waals surface area (Å²) in [5.74, 6) is 1.09. The number of nitrogens with one attached hydrogen (secondary N) is 1. The number of ether oxygens (including phenoxy) is 1. The van der Waals surface area contributed by atoms with E-state index in [1.54, 1.807) is 36.3 Å². The molecule has 2 aliphatic heterocycles. The van der Waals surface area contributed by atoms with Crippen molar-refractivity contribution in [1.29, 1.82) is 0 Å². The van der Waals surface area contributed by atoms with Crippen LogP contribution < -0.4 is 15.0 Å². The quantitative estimate of drug-likeness (QED) is 0.559. The van der Waals surface area contributed by atoms with Gasteiger partial charge in [-0.3, -0.25) is 14.5 Å². The van der Waals surface area contributed by atoms with Crippen LogP contribution in [0.3, 0.4) is 0 Å². The zero-order valence-electron chi connectivity index (χ0n) is 20.7. The molecular weight excluding hydrogens is 460 g/mol. The molecule has 0 spiro atoms. The van der Waals surface area contributed by atoms with Crippen LogP contribution in [0.5, 0.6) is 5.75 Å². The molecule has 0 aromatic heterocycles. The molecule has 4 rings (SSSR count). The van der Waals surface area contributed by atoms with Gasteiger partial charge in [-0.2, -0.15) is 0 Å². The highest BCUT2D eigenvalue weighted by Crippen LogP contribution is 2.28. The minimum absolute atomic E-state index is 0.0321. The zero-order valence-corrected chi connectivity index (χ0v) is 21.5. The molecule has 2 aromatic rings. The molecule has 0 bridgehead atoms. The molecule has 7 nitrogen and oxygen atoms in total. The lowest BCUT2D eigenvalue weighted by Gasteiger charge is -2.32. The number of hydrogen-bond acceptors (Lipinski definition) is 5. The van der Waals surface area contributed by atoms with E-state index >= 15 is 0 Å². The minimum atomic E-state index is -0.634. The number of likely N-dealkylation sites (tertiary alicyclic amines) is 1. The Hall–Kier alpha value is -2.97. The van der Waals surface area contributed by atoms with Crippen LogP contribution in [0.1, 0.15) is 31.7 Å². The van der Waals surface area contributed by atoms with Crippen LogP contribution in [0.15, 0.2) is 48.5 Å². The number of carbonyl (C=O) groups excluding carboxylic acids is 2. The fraction of sp³-hybridized carbons (Fsp3) is 0.444. The molecule has 2 amide bonds. The minimum Gasteiger partial charge on any atom is -0.497 e. The third-order valence-electron chi connectivity index (χ3n) is 6.90. The van der Waals surface area contributed by atoms with Crippen molar-refractivity contribution in [3.63, 3.8) is 0 Å². The monoisotopic (exact) mass is 494 g/mol. The normalized spacial score (nSPS) is 19.3. The van der Waals surface area contributed by atoms with Crippen LogP contribution in [0.2, 0.25) is 0 Å². The first-order chi connectivity index (χ1) is 16.9. The number of anilines is 2. The smallest absolute Gasteiger partial charge is 0.256 e. The summed E-state index contributed by atoms with van der Waals surface area (Å²) in [6.07, 6.45) is 2.41. The number of carbonyl (C=O) groups is 2. The SMILES string of the molecule is COc1ccc(NC(=O)C[C@@H]2C(=O)N(c3ccc(C)cc3)C(=S)N2CCN2CCC(C)CC2)cc1. The lowest BCUT2D eigenvalue weighted by molar-refractivity contribution is -0.124. The van der Waals surface area contributed by atoms with Gasteiger partial charge in [0.05, 0.1) is 19.2 Å². The molecule has 1 N–H and O–H groups in total. The molecule has 2 aliphatic rings. The second-order valence-electron chi connectivity index (χ2n) is 9.51. The van der Waals surface area contributed by atoms with E-state index in [0.29, 0.717) is 23.1 Å². The number of nitrogens with zero attached hydrogens (tertiary/aromatic N) is 3. The van der Waals surface area contributed by atoms with E-state index in [2.05, 4.69) is 17.1 Å². The number of benzene rings is 2. The van der Waals surface area contributed by atoms with E-state index < -0.39 is 6.04 Å². The van der Waals surface area contributed by atoms with Crippen molar-refractivity contribution in [2.24, 2.45) is 5.92 Å². The van der Waals surface area contributed by atoms with E-state index in [1.807, 2.05) is 36.1 Å². The number of aryl methyl sites for hydroxylation is 1. The Bertz CT molecular complexity index is 1050. The Labute approximate surface area is 213 Å². The number of amides is 2. The van der Waals surface area contributed by atoms with Gasteiger partial charge in [-0.25, -0.2) is 0 Å². The summed E-state index contributed by atoms with van der Waals surface area (Å²) in [6.45, 7) is 7.84. The molecule has 0 saturated carbocycles. The van der Waals surface area contributed by atoms with Gasteiger partial charge in [0.25, 0.3) is 5.91 Å². The maximum Gasteiger partial charge on any atom is 0.256 e. The van der Waals surface area contributed by atoms with Crippen LogP contribution in [-0.2, 0) is 9.59 Å². The van der Waals surface area contributed by atoms with Gasteiger partial charge in [-0.15, -0.1) is 0 Å². The van der Waals surface area contributed by atoms with Crippen molar-refractivity contribution in [1.82, 2.24) is 9.80 Å². The highest BCUT2D eigenvalue weighted by Gasteiger charge is 2.44. The predicted octanol–water partition coefficient (Wildman–Crippen LogP) is 4.07. The average Bonchev–Trinajstić information content (AvgIpc) is 3.08. The Morgan fingerprint density at radius 2 is 1.71 bits per heavy atom. The van der Waals surface area contributed by atoms with Crippen LogP contribution in [-0.4, -0.2) is 66.1 Å². The van der Waals surface area contributed by atoms with Gasteiger partial charge in [-0.1, -0.05) is 24.6 Å². The molecule has 35 heavy (non-hydrogen) atoms. The molecular formula is C27H34N4O3S. The molecule has 2 fully saturated rings. The summed E-state index contributed by atoms with van der Waals surface area (Å²) in [6, 6.07) is 14.3. The van der Waals surface area contributed by atoms with Gasteiger partial charge in [0, 0.05) is 18.8 Å². The van der Waals surface area contributed by atoms with Crippen molar-refractivity contribution < 1.29 is 14.3 Å². The molecule has 2 heterocycles. The van der Waals surface area contributed by atoms with Crippen LogP contribution in [0, 0.1) is 12.8 Å². The van der Waals surface area contributed by atoms with E-state index in [1.165, 1.54) is 12.8 Å². The Kier molecular flexibility index (Phi) is 8.03. The fourth-order valence-electron chi connectivity index (χ4n) is 4.62. The second-order valence-corrected chi connectivity index (χ2v) is 9.87. The summed E-state index contributed by atoms with van der Waals surface area (Å²) in [5, 5.41) is 3.37. The summed E-state index contributed by atoms with van der Waals surface area (Å²) in [4.78, 5) is 32.5. The Morgan fingerprint density at radius 3 is 2.34 bits per heavy atom. The molecule has 0 aliphatic carbocycles. The summed E-state index contributed by atoms with van der Waals surface area (Å²) >= 11 is 5.79. The molecule has 0 radical (unpaired) electrons. The van der Waals surface area contributed by atoms with Gasteiger partial charge in [0.2, 0.25) is 5.91 Å². The highest BCUT2D eigenvalue weighted by atomic mass is 32.1. The first kappa shape index (κ1) is 25.1. The molecule has 186 valence electrons. The van der Waals surface area contributed by atoms with Gasteiger partial charge in [0.15, 0.2) is 5.11 Å². The van der Waals surface area contributed by atoms with Gasteiger partial charge in [-0.05, 0) is 87.4 Å².